The van der Waals surface area contributed by atoms with Gasteiger partial charge in [0, 0.05) is 18.1 Å². The molecule has 6 nitrogen and oxygen atoms in total. The van der Waals surface area contributed by atoms with Gasteiger partial charge in [0.05, 0.1) is 36.1 Å². The minimum absolute atomic E-state index is 0. The van der Waals surface area contributed by atoms with Crippen molar-refractivity contribution in [1.82, 2.24) is 9.88 Å². The second kappa shape index (κ2) is 13.7. The molecule has 188 valence electrons. The van der Waals surface area contributed by atoms with E-state index in [1.165, 1.54) is 0 Å². The number of fused-ring (bicyclic) bond motifs is 1. The summed E-state index contributed by atoms with van der Waals surface area (Å²) in [5.41, 5.74) is 1.60. The van der Waals surface area contributed by atoms with Gasteiger partial charge in [-0.1, -0.05) is 17.9 Å². The molecule has 0 spiro atoms. The Morgan fingerprint density at radius 2 is 2.14 bits per heavy atom. The first kappa shape index (κ1) is 28.9. The van der Waals surface area contributed by atoms with E-state index in [1.54, 1.807) is 24.6 Å². The summed E-state index contributed by atoms with van der Waals surface area (Å²) in [7, 11) is 1.61. The van der Waals surface area contributed by atoms with E-state index >= 15 is 0 Å². The van der Waals surface area contributed by atoms with E-state index in [2.05, 4.69) is 21.7 Å². The lowest BCUT2D eigenvalue weighted by Crippen LogP contribution is -2.44. The molecule has 0 radical (unpaired) electrons. The molecule has 1 aromatic carbocycles. The number of pyridine rings is 1. The number of ether oxygens (including phenoxy) is 1. The third kappa shape index (κ3) is 7.33. The standard InChI is InChI=1S/C26H28N2O4S.2ClH/c1-32-19-7-8-24-22(16-19)21(10-12-27-24)25(29)9-6-18-11-14-28(17-23(18)26(30)31)13-2-4-20-5-3-15-33-20;;/h3,5,7-8,10,12,15-16,18,23,25,29H,6,9,11,13-14,17H2,1H3,(H,30,31);2*1H/t18-,23+,25-;;/m1../s1. The van der Waals surface area contributed by atoms with Crippen LogP contribution in [0.2, 0.25) is 0 Å². The Balaban J connectivity index is 0.00000216. The first-order valence-corrected chi connectivity index (χ1v) is 12.0. The number of aliphatic hydroxyl groups excluding tert-OH is 1. The fraction of sp³-hybridized carbons (Fsp3) is 0.385. The molecular weight excluding hydrogens is 507 g/mol. The SMILES string of the molecule is COc1ccc2nccc([C@H](O)CC[C@@H]3CCN(CC#Cc4cccs4)C[C@@H]3C(=O)O)c2c1.Cl.Cl. The first-order chi connectivity index (χ1) is 16.0. The van der Waals surface area contributed by atoms with Crippen LogP contribution in [0.4, 0.5) is 0 Å². The number of thiophene rings is 1. The first-order valence-electron chi connectivity index (χ1n) is 11.1. The van der Waals surface area contributed by atoms with Gasteiger partial charge in [0.2, 0.25) is 0 Å². The van der Waals surface area contributed by atoms with Crippen LogP contribution in [0.25, 0.3) is 10.9 Å². The van der Waals surface area contributed by atoms with Gasteiger partial charge >= 0.3 is 5.97 Å². The third-order valence-electron chi connectivity index (χ3n) is 6.35. The van der Waals surface area contributed by atoms with E-state index in [4.69, 9.17) is 4.74 Å². The number of carboxylic acid groups (broad SMARTS) is 1. The second-order valence-corrected chi connectivity index (χ2v) is 9.33. The Hall–Kier alpha value is -2.34. The number of carbonyl (C=O) groups is 1. The summed E-state index contributed by atoms with van der Waals surface area (Å²) < 4.78 is 5.32. The van der Waals surface area contributed by atoms with Gasteiger partial charge in [-0.05, 0) is 73.0 Å². The number of halogens is 2. The quantitative estimate of drug-likeness (QED) is 0.411. The van der Waals surface area contributed by atoms with Gasteiger partial charge in [-0.3, -0.25) is 14.7 Å². The van der Waals surface area contributed by atoms with E-state index in [-0.39, 0.29) is 30.7 Å². The van der Waals surface area contributed by atoms with Gasteiger partial charge < -0.3 is 14.9 Å². The molecule has 1 aliphatic heterocycles. The van der Waals surface area contributed by atoms with Gasteiger partial charge in [-0.15, -0.1) is 36.2 Å². The number of piperidine rings is 1. The number of methoxy groups -OCH3 is 1. The second-order valence-electron chi connectivity index (χ2n) is 8.38. The number of nitrogens with zero attached hydrogens (tertiary/aromatic N) is 2. The molecule has 9 heteroatoms. The van der Waals surface area contributed by atoms with Crippen molar-refractivity contribution in [2.45, 2.75) is 25.4 Å². The van der Waals surface area contributed by atoms with Crippen LogP contribution in [0.5, 0.6) is 5.75 Å². The van der Waals surface area contributed by atoms with Crippen LogP contribution >= 0.6 is 36.2 Å². The number of benzene rings is 1. The molecule has 1 fully saturated rings. The minimum atomic E-state index is -0.774. The Morgan fingerprint density at radius 3 is 2.86 bits per heavy atom. The fourth-order valence-corrected chi connectivity index (χ4v) is 5.11. The number of aliphatic hydroxyl groups is 1. The van der Waals surface area contributed by atoms with Crippen LogP contribution < -0.4 is 4.74 Å². The normalized spacial score (nSPS) is 18.5. The number of aliphatic carboxylic acids is 1. The van der Waals surface area contributed by atoms with Crippen molar-refractivity contribution in [3.63, 3.8) is 0 Å². The highest BCUT2D eigenvalue weighted by atomic mass is 35.5. The molecule has 1 saturated heterocycles. The molecule has 35 heavy (non-hydrogen) atoms. The van der Waals surface area contributed by atoms with E-state index in [1.807, 2.05) is 41.8 Å². The number of hydrogen-bond donors (Lipinski definition) is 2. The minimum Gasteiger partial charge on any atom is -0.497 e. The lowest BCUT2D eigenvalue weighted by atomic mass is 9.81. The molecule has 0 saturated carbocycles. The topological polar surface area (TPSA) is 82.9 Å². The molecule has 0 unspecified atom stereocenters. The largest absolute Gasteiger partial charge is 0.497 e. The molecule has 3 heterocycles. The Bertz CT molecular complexity index is 1160. The van der Waals surface area contributed by atoms with Crippen molar-refractivity contribution < 1.29 is 19.7 Å². The van der Waals surface area contributed by atoms with E-state index in [0.29, 0.717) is 31.7 Å². The summed E-state index contributed by atoms with van der Waals surface area (Å²) in [6.45, 7) is 1.88. The summed E-state index contributed by atoms with van der Waals surface area (Å²) in [6.07, 6.45) is 2.95. The maximum Gasteiger partial charge on any atom is 0.308 e. The molecule has 0 bridgehead atoms. The maximum atomic E-state index is 12.0. The lowest BCUT2D eigenvalue weighted by molar-refractivity contribution is -0.146. The van der Waals surface area contributed by atoms with Gasteiger partial charge in [0.15, 0.2) is 0 Å². The highest BCUT2D eigenvalue weighted by molar-refractivity contribution is 7.10. The number of carboxylic acids is 1. The van der Waals surface area contributed by atoms with E-state index in [9.17, 15) is 15.0 Å². The van der Waals surface area contributed by atoms with Crippen molar-refractivity contribution in [1.29, 1.82) is 0 Å². The average molecular weight is 538 g/mol. The third-order valence-corrected chi connectivity index (χ3v) is 7.13. The number of rotatable bonds is 7. The Kier molecular flexibility index (Phi) is 11.3. The summed E-state index contributed by atoms with van der Waals surface area (Å²) >= 11 is 1.60. The molecule has 0 amide bonds. The van der Waals surface area contributed by atoms with Gasteiger partial charge in [0.25, 0.3) is 0 Å². The van der Waals surface area contributed by atoms with Gasteiger partial charge in [-0.25, -0.2) is 0 Å². The van der Waals surface area contributed by atoms with Crippen LogP contribution in [0.3, 0.4) is 0 Å². The lowest BCUT2D eigenvalue weighted by Gasteiger charge is -2.36. The van der Waals surface area contributed by atoms with E-state index < -0.39 is 18.0 Å². The summed E-state index contributed by atoms with van der Waals surface area (Å²) in [5.74, 6) is 5.82. The van der Waals surface area contributed by atoms with Crippen molar-refractivity contribution >= 4 is 53.0 Å². The number of likely N-dealkylation sites (tertiary alicyclic amines) is 1. The molecule has 1 aliphatic rings. The molecule has 3 atom stereocenters. The van der Waals surface area contributed by atoms with Crippen molar-refractivity contribution in [3.8, 4) is 17.6 Å². The molecule has 2 N–H and O–H groups in total. The van der Waals surface area contributed by atoms with Crippen molar-refractivity contribution in [3.05, 3.63) is 58.4 Å². The predicted octanol–water partition coefficient (Wildman–Crippen LogP) is 5.04. The van der Waals surface area contributed by atoms with Crippen molar-refractivity contribution in [2.24, 2.45) is 11.8 Å². The number of aromatic nitrogens is 1. The van der Waals surface area contributed by atoms with Crippen molar-refractivity contribution in [2.75, 3.05) is 26.7 Å². The van der Waals surface area contributed by atoms with Crippen LogP contribution in [0.15, 0.2) is 48.0 Å². The average Bonchev–Trinajstić information content (AvgIpc) is 3.35. The van der Waals surface area contributed by atoms with Crippen LogP contribution in [-0.4, -0.2) is 52.8 Å². The highest BCUT2D eigenvalue weighted by Gasteiger charge is 2.34. The molecule has 3 aromatic rings. The van der Waals surface area contributed by atoms with Gasteiger partial charge in [-0.2, -0.15) is 0 Å². The van der Waals surface area contributed by atoms with Gasteiger partial charge in [0.1, 0.15) is 5.75 Å². The molecule has 4 rings (SSSR count). The Labute approximate surface area is 222 Å². The number of hydrogen-bond acceptors (Lipinski definition) is 6. The zero-order valence-corrected chi connectivity index (χ0v) is 21.9. The molecule has 2 aromatic heterocycles. The highest BCUT2D eigenvalue weighted by Crippen LogP contribution is 2.33. The van der Waals surface area contributed by atoms with Crippen LogP contribution in [0.1, 0.15) is 35.8 Å². The fourth-order valence-electron chi connectivity index (χ4n) is 4.52. The van der Waals surface area contributed by atoms with E-state index in [0.717, 1.165) is 34.3 Å². The smallest absolute Gasteiger partial charge is 0.308 e. The Morgan fingerprint density at radius 1 is 1.31 bits per heavy atom. The van der Waals surface area contributed by atoms with Crippen LogP contribution in [0, 0.1) is 23.7 Å². The monoisotopic (exact) mass is 536 g/mol. The summed E-state index contributed by atoms with van der Waals surface area (Å²) in [5, 5.41) is 23.6. The summed E-state index contributed by atoms with van der Waals surface area (Å²) in [6, 6.07) is 11.4. The zero-order valence-electron chi connectivity index (χ0n) is 19.4. The van der Waals surface area contributed by atoms with Crippen LogP contribution in [-0.2, 0) is 4.79 Å². The maximum absolute atomic E-state index is 12.0. The zero-order chi connectivity index (χ0) is 23.2. The predicted molar refractivity (Wildman–Crippen MR) is 144 cm³/mol. The molecular formula is C26H30Cl2N2O4S. The molecule has 0 aliphatic carbocycles. The summed E-state index contributed by atoms with van der Waals surface area (Å²) in [4.78, 5) is 19.5.